The number of hydrogen-bond acceptors (Lipinski definition) is 3. The van der Waals surface area contributed by atoms with Crippen LogP contribution < -0.4 is 5.63 Å². The van der Waals surface area contributed by atoms with Crippen LogP contribution in [0.15, 0.2) is 111 Å². The Balaban J connectivity index is 1.50. The molecule has 0 radical (unpaired) electrons. The van der Waals surface area contributed by atoms with Crippen LogP contribution in [0.2, 0.25) is 0 Å². The molecule has 0 amide bonds. The second-order valence-corrected chi connectivity index (χ2v) is 9.02. The molecular formula is C32H24O3. The van der Waals surface area contributed by atoms with E-state index in [4.69, 9.17) is 8.83 Å². The van der Waals surface area contributed by atoms with E-state index in [1.54, 1.807) is 0 Å². The van der Waals surface area contributed by atoms with Crippen LogP contribution in [-0.2, 0) is 6.42 Å². The fraction of sp³-hybridized carbons (Fsp3) is 0.0938. The highest BCUT2D eigenvalue weighted by molar-refractivity contribution is 6.11. The van der Waals surface area contributed by atoms with Crippen molar-refractivity contribution < 1.29 is 8.83 Å². The van der Waals surface area contributed by atoms with E-state index in [1.807, 2.05) is 74.7 Å². The molecular weight excluding hydrogens is 432 g/mol. The summed E-state index contributed by atoms with van der Waals surface area (Å²) >= 11 is 0. The van der Waals surface area contributed by atoms with Gasteiger partial charge >= 0.3 is 5.63 Å². The zero-order valence-corrected chi connectivity index (χ0v) is 19.7. The van der Waals surface area contributed by atoms with Gasteiger partial charge in [-0.05, 0) is 53.3 Å². The molecule has 0 aliphatic heterocycles. The van der Waals surface area contributed by atoms with Gasteiger partial charge in [-0.15, -0.1) is 0 Å². The van der Waals surface area contributed by atoms with Crippen molar-refractivity contribution in [2.75, 3.05) is 0 Å². The number of hydrogen-bond donors (Lipinski definition) is 0. The molecule has 0 N–H and O–H groups in total. The summed E-state index contributed by atoms with van der Waals surface area (Å²) in [4.78, 5) is 12.9. The molecule has 0 spiro atoms. The standard InChI is InChI=1S/C32H24O3/c1-20-17-28-30(21(2)26(32(33)35-28)18-22-9-5-3-6-10-22)31-29(20)27(19-34-31)25-15-13-24(14-16-25)23-11-7-4-8-12-23/h3-17,19H,18H2,1-2H3. The minimum Gasteiger partial charge on any atom is -0.463 e. The lowest BCUT2D eigenvalue weighted by atomic mass is 9.94. The molecule has 0 saturated heterocycles. The summed E-state index contributed by atoms with van der Waals surface area (Å²) in [5, 5.41) is 1.91. The molecule has 6 rings (SSSR count). The third kappa shape index (κ3) is 3.66. The van der Waals surface area contributed by atoms with Crippen molar-refractivity contribution in [2.45, 2.75) is 20.3 Å². The van der Waals surface area contributed by atoms with Crippen LogP contribution in [0.1, 0.15) is 22.3 Å². The maximum atomic E-state index is 12.9. The smallest absolute Gasteiger partial charge is 0.340 e. The van der Waals surface area contributed by atoms with E-state index < -0.39 is 0 Å². The Morgan fingerprint density at radius 1 is 0.714 bits per heavy atom. The topological polar surface area (TPSA) is 43.4 Å². The molecule has 0 saturated carbocycles. The van der Waals surface area contributed by atoms with E-state index in [1.165, 1.54) is 11.1 Å². The fourth-order valence-corrected chi connectivity index (χ4v) is 4.98. The van der Waals surface area contributed by atoms with E-state index in [-0.39, 0.29) is 5.63 Å². The minimum atomic E-state index is -0.291. The van der Waals surface area contributed by atoms with E-state index in [2.05, 4.69) is 36.4 Å². The van der Waals surface area contributed by atoms with Gasteiger partial charge in [-0.1, -0.05) is 84.9 Å². The van der Waals surface area contributed by atoms with Crippen LogP contribution in [0, 0.1) is 13.8 Å². The van der Waals surface area contributed by atoms with Gasteiger partial charge < -0.3 is 8.83 Å². The SMILES string of the molecule is Cc1cc2oc(=O)c(Cc3ccccc3)c(C)c2c2occ(-c3ccc(-c4ccccc4)cc3)c12. The van der Waals surface area contributed by atoms with Crippen molar-refractivity contribution in [1.29, 1.82) is 0 Å². The number of benzene rings is 4. The lowest BCUT2D eigenvalue weighted by Gasteiger charge is -2.10. The first-order valence-corrected chi connectivity index (χ1v) is 11.8. The maximum Gasteiger partial charge on any atom is 0.340 e. The van der Waals surface area contributed by atoms with Crippen LogP contribution in [0.5, 0.6) is 0 Å². The maximum absolute atomic E-state index is 12.9. The van der Waals surface area contributed by atoms with Gasteiger partial charge in [0.05, 0.1) is 11.6 Å². The Morgan fingerprint density at radius 3 is 2.06 bits per heavy atom. The largest absolute Gasteiger partial charge is 0.463 e. The third-order valence-electron chi connectivity index (χ3n) is 6.81. The minimum absolute atomic E-state index is 0.291. The molecule has 0 bridgehead atoms. The Kier molecular flexibility index (Phi) is 5.11. The molecule has 35 heavy (non-hydrogen) atoms. The zero-order chi connectivity index (χ0) is 23.9. The summed E-state index contributed by atoms with van der Waals surface area (Å²) in [7, 11) is 0. The molecule has 2 heterocycles. The zero-order valence-electron chi connectivity index (χ0n) is 19.7. The Labute approximate surface area is 203 Å². The van der Waals surface area contributed by atoms with Crippen molar-refractivity contribution in [1.82, 2.24) is 0 Å². The summed E-state index contributed by atoms with van der Waals surface area (Å²) in [5.74, 6) is 0. The molecule has 6 aromatic rings. The van der Waals surface area contributed by atoms with Crippen LogP contribution in [0.3, 0.4) is 0 Å². The average molecular weight is 457 g/mol. The van der Waals surface area contributed by atoms with E-state index in [9.17, 15) is 4.79 Å². The van der Waals surface area contributed by atoms with Crippen LogP contribution in [0.4, 0.5) is 0 Å². The van der Waals surface area contributed by atoms with Gasteiger partial charge in [-0.2, -0.15) is 0 Å². The summed E-state index contributed by atoms with van der Waals surface area (Å²) in [6.07, 6.45) is 2.34. The van der Waals surface area contributed by atoms with Crippen molar-refractivity contribution in [3.05, 3.63) is 130 Å². The number of furan rings is 1. The van der Waals surface area contributed by atoms with Gasteiger partial charge in [0.2, 0.25) is 0 Å². The summed E-state index contributed by atoms with van der Waals surface area (Å²) in [5.41, 5.74) is 9.19. The first-order chi connectivity index (χ1) is 17.1. The van der Waals surface area contributed by atoms with Gasteiger partial charge in [0, 0.05) is 22.9 Å². The highest BCUT2D eigenvalue weighted by Gasteiger charge is 2.20. The van der Waals surface area contributed by atoms with Gasteiger partial charge in [-0.3, -0.25) is 0 Å². The van der Waals surface area contributed by atoms with Crippen LogP contribution in [-0.4, -0.2) is 0 Å². The molecule has 0 atom stereocenters. The number of aryl methyl sites for hydroxylation is 2. The van der Waals surface area contributed by atoms with Crippen LogP contribution >= 0.6 is 0 Å². The van der Waals surface area contributed by atoms with Gasteiger partial charge in [-0.25, -0.2) is 4.79 Å². The molecule has 3 nitrogen and oxygen atoms in total. The summed E-state index contributed by atoms with van der Waals surface area (Å²) in [6.45, 7) is 4.02. The third-order valence-corrected chi connectivity index (χ3v) is 6.81. The average Bonchev–Trinajstić information content (AvgIpc) is 3.33. The molecule has 3 heteroatoms. The molecule has 0 aliphatic carbocycles. The number of rotatable bonds is 4. The summed E-state index contributed by atoms with van der Waals surface area (Å²) < 4.78 is 12.0. The van der Waals surface area contributed by atoms with Gasteiger partial charge in [0.15, 0.2) is 0 Å². The fourth-order valence-electron chi connectivity index (χ4n) is 4.98. The Hall–Kier alpha value is -4.37. The Morgan fingerprint density at radius 2 is 1.34 bits per heavy atom. The summed E-state index contributed by atoms with van der Waals surface area (Å²) in [6, 6.07) is 30.8. The quantitative estimate of drug-likeness (QED) is 0.252. The van der Waals surface area contributed by atoms with E-state index in [0.717, 1.165) is 44.2 Å². The Bertz CT molecular complexity index is 1720. The second-order valence-electron chi connectivity index (χ2n) is 9.02. The molecule has 0 fully saturated rings. The lowest BCUT2D eigenvalue weighted by Crippen LogP contribution is -2.11. The van der Waals surface area contributed by atoms with Gasteiger partial charge in [0.25, 0.3) is 0 Å². The second kappa shape index (κ2) is 8.44. The lowest BCUT2D eigenvalue weighted by molar-refractivity contribution is 0.549. The highest BCUT2D eigenvalue weighted by Crippen LogP contribution is 2.39. The van der Waals surface area contributed by atoms with E-state index >= 15 is 0 Å². The number of fused-ring (bicyclic) bond motifs is 3. The molecule has 170 valence electrons. The van der Waals surface area contributed by atoms with Crippen molar-refractivity contribution in [3.63, 3.8) is 0 Å². The van der Waals surface area contributed by atoms with Crippen LogP contribution in [0.25, 0.3) is 44.2 Å². The monoisotopic (exact) mass is 456 g/mol. The molecule has 0 aliphatic rings. The molecule has 0 unspecified atom stereocenters. The highest BCUT2D eigenvalue weighted by atomic mass is 16.4. The molecule has 2 aromatic heterocycles. The first kappa shape index (κ1) is 21.2. The van der Waals surface area contributed by atoms with Crippen molar-refractivity contribution in [2.24, 2.45) is 0 Å². The normalized spacial score (nSPS) is 11.4. The predicted molar refractivity (Wildman–Crippen MR) is 142 cm³/mol. The predicted octanol–water partition coefficient (Wildman–Crippen LogP) is 8.08. The van der Waals surface area contributed by atoms with E-state index in [0.29, 0.717) is 17.6 Å². The molecule has 4 aromatic carbocycles. The van der Waals surface area contributed by atoms with Gasteiger partial charge in [0.1, 0.15) is 11.2 Å². The first-order valence-electron chi connectivity index (χ1n) is 11.8. The van der Waals surface area contributed by atoms with Crippen molar-refractivity contribution in [3.8, 4) is 22.3 Å². The van der Waals surface area contributed by atoms with Crippen molar-refractivity contribution >= 4 is 21.9 Å².